The van der Waals surface area contributed by atoms with Gasteiger partial charge in [0.2, 0.25) is 0 Å². The minimum absolute atomic E-state index is 0.206. The summed E-state index contributed by atoms with van der Waals surface area (Å²) in [4.78, 5) is 12.0. The number of aliphatic imine (C=N–C) groups is 1. The second kappa shape index (κ2) is 11.0. The fourth-order valence-corrected chi connectivity index (χ4v) is 3.66. The molecule has 2 heterocycles. The fraction of sp³-hybridized carbons (Fsp3) is 0.545. The summed E-state index contributed by atoms with van der Waals surface area (Å²) in [6.45, 7) is 8.34. The SMILES string of the molecule is CCNC(=NCC(c1ccc(OC)cc1)N(C)C)N1CCN(Cc2ccon2)CC1. The van der Waals surface area contributed by atoms with E-state index >= 15 is 0 Å². The molecule has 0 radical (unpaired) electrons. The van der Waals surface area contributed by atoms with E-state index in [9.17, 15) is 0 Å². The molecule has 0 amide bonds. The van der Waals surface area contributed by atoms with E-state index < -0.39 is 0 Å². The number of nitrogens with one attached hydrogen (secondary N) is 1. The van der Waals surface area contributed by atoms with E-state index in [0.717, 1.165) is 56.7 Å². The van der Waals surface area contributed by atoms with Gasteiger partial charge in [-0.1, -0.05) is 17.3 Å². The Labute approximate surface area is 179 Å². The van der Waals surface area contributed by atoms with Gasteiger partial charge in [-0.15, -0.1) is 0 Å². The molecule has 1 fully saturated rings. The summed E-state index contributed by atoms with van der Waals surface area (Å²) in [5.74, 6) is 1.86. The Hall–Kier alpha value is -2.58. The highest BCUT2D eigenvalue weighted by atomic mass is 16.5. The van der Waals surface area contributed by atoms with Crippen molar-refractivity contribution < 1.29 is 9.26 Å². The van der Waals surface area contributed by atoms with Crippen molar-refractivity contribution in [2.45, 2.75) is 19.5 Å². The Morgan fingerprint density at radius 2 is 1.93 bits per heavy atom. The number of aromatic nitrogens is 1. The zero-order chi connectivity index (χ0) is 21.3. The largest absolute Gasteiger partial charge is 0.497 e. The first-order chi connectivity index (χ1) is 14.6. The molecular formula is C22H34N6O2. The molecule has 1 N–H and O–H groups in total. The van der Waals surface area contributed by atoms with Crippen molar-refractivity contribution in [2.24, 2.45) is 4.99 Å². The lowest BCUT2D eigenvalue weighted by atomic mass is 10.1. The maximum absolute atomic E-state index is 5.29. The molecule has 0 bridgehead atoms. The van der Waals surface area contributed by atoms with Crippen molar-refractivity contribution in [1.29, 1.82) is 0 Å². The molecule has 164 valence electrons. The maximum atomic E-state index is 5.29. The van der Waals surface area contributed by atoms with Gasteiger partial charge in [0.05, 0.1) is 25.4 Å². The number of benzene rings is 1. The van der Waals surface area contributed by atoms with Crippen molar-refractivity contribution in [3.8, 4) is 5.75 Å². The van der Waals surface area contributed by atoms with Gasteiger partial charge in [-0.05, 0) is 38.7 Å². The minimum atomic E-state index is 0.206. The average molecular weight is 415 g/mol. The van der Waals surface area contributed by atoms with Gasteiger partial charge < -0.3 is 24.4 Å². The normalized spacial score (nSPS) is 16.7. The molecule has 1 aliphatic rings. The number of rotatable bonds is 8. The highest BCUT2D eigenvalue weighted by molar-refractivity contribution is 5.80. The quantitative estimate of drug-likeness (QED) is 0.524. The van der Waals surface area contributed by atoms with Crippen molar-refractivity contribution in [2.75, 3.05) is 60.5 Å². The van der Waals surface area contributed by atoms with Crippen LogP contribution in [0, 0.1) is 0 Å². The molecular weight excluding hydrogens is 380 g/mol. The van der Waals surface area contributed by atoms with Gasteiger partial charge in [-0.3, -0.25) is 9.89 Å². The summed E-state index contributed by atoms with van der Waals surface area (Å²) in [5, 5.41) is 7.49. The number of likely N-dealkylation sites (N-methyl/N-ethyl adjacent to an activating group) is 1. The second-order valence-electron chi connectivity index (χ2n) is 7.70. The van der Waals surface area contributed by atoms with E-state index in [4.69, 9.17) is 14.3 Å². The molecule has 1 unspecified atom stereocenters. The topological polar surface area (TPSA) is 69.4 Å². The lowest BCUT2D eigenvalue weighted by molar-refractivity contribution is 0.168. The monoisotopic (exact) mass is 414 g/mol. The molecule has 2 aromatic rings. The molecule has 1 saturated heterocycles. The molecule has 1 aliphatic heterocycles. The number of guanidine groups is 1. The standard InChI is InChI=1S/C22H34N6O2/c1-5-23-22(28-13-11-27(12-14-28)17-19-10-15-30-25-19)24-16-21(26(2)3)18-6-8-20(29-4)9-7-18/h6-10,15,21H,5,11-14,16-17H2,1-4H3,(H,23,24). The van der Waals surface area contributed by atoms with Crippen LogP contribution in [0.5, 0.6) is 5.75 Å². The van der Waals surface area contributed by atoms with Crippen LogP contribution in [0.25, 0.3) is 0 Å². The zero-order valence-corrected chi connectivity index (χ0v) is 18.5. The highest BCUT2D eigenvalue weighted by Gasteiger charge is 2.21. The lowest BCUT2D eigenvalue weighted by Gasteiger charge is -2.36. The first-order valence-electron chi connectivity index (χ1n) is 10.6. The predicted molar refractivity (Wildman–Crippen MR) is 119 cm³/mol. The van der Waals surface area contributed by atoms with Gasteiger partial charge in [0, 0.05) is 45.3 Å². The third-order valence-electron chi connectivity index (χ3n) is 5.42. The molecule has 30 heavy (non-hydrogen) atoms. The van der Waals surface area contributed by atoms with E-state index in [-0.39, 0.29) is 6.04 Å². The van der Waals surface area contributed by atoms with Crippen LogP contribution in [-0.2, 0) is 6.54 Å². The molecule has 1 aromatic carbocycles. The van der Waals surface area contributed by atoms with E-state index in [1.54, 1.807) is 13.4 Å². The van der Waals surface area contributed by atoms with Crippen molar-refractivity contribution in [3.05, 3.63) is 47.9 Å². The summed E-state index contributed by atoms with van der Waals surface area (Å²) in [6.07, 6.45) is 1.63. The summed E-state index contributed by atoms with van der Waals surface area (Å²) in [5.41, 5.74) is 2.22. The lowest BCUT2D eigenvalue weighted by Crippen LogP contribution is -2.52. The smallest absolute Gasteiger partial charge is 0.194 e. The van der Waals surface area contributed by atoms with E-state index in [1.165, 1.54) is 5.56 Å². The molecule has 0 aliphatic carbocycles. The Morgan fingerprint density at radius 1 is 1.20 bits per heavy atom. The third kappa shape index (κ3) is 5.96. The molecule has 8 heteroatoms. The van der Waals surface area contributed by atoms with Crippen molar-refractivity contribution >= 4 is 5.96 Å². The summed E-state index contributed by atoms with van der Waals surface area (Å²) in [7, 11) is 5.89. The molecule has 1 atom stereocenters. The van der Waals surface area contributed by atoms with Crippen LogP contribution in [0.1, 0.15) is 24.2 Å². The summed E-state index contributed by atoms with van der Waals surface area (Å²) >= 11 is 0. The zero-order valence-electron chi connectivity index (χ0n) is 18.5. The molecule has 0 spiro atoms. The fourth-order valence-electron chi connectivity index (χ4n) is 3.66. The van der Waals surface area contributed by atoms with E-state index in [1.807, 2.05) is 18.2 Å². The van der Waals surface area contributed by atoms with Crippen LogP contribution in [0.4, 0.5) is 0 Å². The number of piperazine rings is 1. The number of hydrogen-bond donors (Lipinski definition) is 1. The van der Waals surface area contributed by atoms with Gasteiger partial charge in [-0.25, -0.2) is 0 Å². The van der Waals surface area contributed by atoms with Crippen LogP contribution < -0.4 is 10.1 Å². The average Bonchev–Trinajstić information content (AvgIpc) is 3.27. The third-order valence-corrected chi connectivity index (χ3v) is 5.42. The second-order valence-corrected chi connectivity index (χ2v) is 7.70. The summed E-state index contributed by atoms with van der Waals surface area (Å²) in [6, 6.07) is 10.4. The van der Waals surface area contributed by atoms with Crippen LogP contribution in [-0.4, -0.2) is 86.3 Å². The molecule has 3 rings (SSSR count). The Bertz CT molecular complexity index is 767. The minimum Gasteiger partial charge on any atom is -0.497 e. The Balaban J connectivity index is 1.62. The van der Waals surface area contributed by atoms with Gasteiger partial charge in [0.25, 0.3) is 0 Å². The Kier molecular flexibility index (Phi) is 8.10. The highest BCUT2D eigenvalue weighted by Crippen LogP contribution is 2.22. The summed E-state index contributed by atoms with van der Waals surface area (Å²) < 4.78 is 10.2. The maximum Gasteiger partial charge on any atom is 0.194 e. The van der Waals surface area contributed by atoms with Gasteiger partial charge >= 0.3 is 0 Å². The molecule has 8 nitrogen and oxygen atoms in total. The van der Waals surface area contributed by atoms with Gasteiger partial charge in [0.1, 0.15) is 12.0 Å². The Morgan fingerprint density at radius 3 is 2.50 bits per heavy atom. The van der Waals surface area contributed by atoms with E-state index in [0.29, 0.717) is 6.54 Å². The number of ether oxygens (including phenoxy) is 1. The number of nitrogens with zero attached hydrogens (tertiary/aromatic N) is 5. The van der Waals surface area contributed by atoms with Crippen LogP contribution in [0.3, 0.4) is 0 Å². The molecule has 1 aromatic heterocycles. The van der Waals surface area contributed by atoms with Crippen LogP contribution in [0.2, 0.25) is 0 Å². The van der Waals surface area contributed by atoms with Gasteiger partial charge in [-0.2, -0.15) is 0 Å². The van der Waals surface area contributed by atoms with E-state index in [2.05, 4.69) is 58.3 Å². The first-order valence-corrected chi connectivity index (χ1v) is 10.6. The van der Waals surface area contributed by atoms with Gasteiger partial charge in [0.15, 0.2) is 5.96 Å². The molecule has 0 saturated carbocycles. The van der Waals surface area contributed by atoms with Crippen LogP contribution >= 0.6 is 0 Å². The number of hydrogen-bond acceptors (Lipinski definition) is 6. The number of methoxy groups -OCH3 is 1. The van der Waals surface area contributed by atoms with Crippen molar-refractivity contribution in [1.82, 2.24) is 25.2 Å². The first kappa shape index (κ1) is 22.1. The van der Waals surface area contributed by atoms with Crippen LogP contribution in [0.15, 0.2) is 46.1 Å². The van der Waals surface area contributed by atoms with Crippen molar-refractivity contribution in [3.63, 3.8) is 0 Å². The predicted octanol–water partition coefficient (Wildman–Crippen LogP) is 2.07.